The van der Waals surface area contributed by atoms with E-state index in [0.29, 0.717) is 23.0 Å². The predicted molar refractivity (Wildman–Crippen MR) is 70.4 cm³/mol. The van der Waals surface area contributed by atoms with Crippen molar-refractivity contribution in [2.24, 2.45) is 0 Å². The first kappa shape index (κ1) is 12.6. The molecule has 0 aliphatic rings. The summed E-state index contributed by atoms with van der Waals surface area (Å²) in [5.41, 5.74) is 0.426. The van der Waals surface area contributed by atoms with Crippen LogP contribution in [0.2, 0.25) is 0 Å². The maximum absolute atomic E-state index is 11.8. The molecule has 2 rings (SSSR count). The Morgan fingerprint density at radius 1 is 1.50 bits per heavy atom. The minimum atomic E-state index is -0.218. The highest BCUT2D eigenvalue weighted by atomic mass is 79.9. The van der Waals surface area contributed by atoms with Crippen LogP contribution >= 0.6 is 15.9 Å². The zero-order chi connectivity index (χ0) is 13.0. The molecule has 5 nitrogen and oxygen atoms in total. The highest BCUT2D eigenvalue weighted by Gasteiger charge is 2.07. The van der Waals surface area contributed by atoms with Crippen molar-refractivity contribution in [2.45, 2.75) is 6.42 Å². The summed E-state index contributed by atoms with van der Waals surface area (Å²) >= 11 is 3.16. The molecule has 0 fully saturated rings. The molecule has 1 amide bonds. The molecule has 1 aromatic carbocycles. The van der Waals surface area contributed by atoms with Gasteiger partial charge >= 0.3 is 0 Å². The van der Waals surface area contributed by atoms with Gasteiger partial charge in [-0.2, -0.15) is 0 Å². The zero-order valence-electron chi connectivity index (χ0n) is 9.48. The van der Waals surface area contributed by atoms with Gasteiger partial charge in [-0.3, -0.25) is 4.79 Å². The van der Waals surface area contributed by atoms with Crippen LogP contribution in [0.5, 0.6) is 5.75 Å². The number of hydrogen-bond donors (Lipinski definition) is 3. The van der Waals surface area contributed by atoms with Crippen LogP contribution in [0.25, 0.3) is 0 Å². The van der Waals surface area contributed by atoms with E-state index in [2.05, 4.69) is 31.2 Å². The van der Waals surface area contributed by atoms with Crippen molar-refractivity contribution < 1.29 is 9.90 Å². The van der Waals surface area contributed by atoms with Crippen molar-refractivity contribution in [2.75, 3.05) is 6.54 Å². The third-order valence-corrected chi connectivity index (χ3v) is 3.08. The van der Waals surface area contributed by atoms with Crippen molar-refractivity contribution >= 4 is 21.8 Å². The molecule has 0 aliphatic heterocycles. The van der Waals surface area contributed by atoms with Crippen molar-refractivity contribution in [3.05, 3.63) is 46.5 Å². The van der Waals surface area contributed by atoms with Gasteiger partial charge in [0.25, 0.3) is 5.91 Å². The van der Waals surface area contributed by atoms with E-state index in [0.717, 1.165) is 5.82 Å². The second-order valence-corrected chi connectivity index (χ2v) is 4.56. The number of phenolic OH excluding ortho intramolecular Hbond substituents is 1. The first-order valence-corrected chi connectivity index (χ1v) is 6.21. The second kappa shape index (κ2) is 5.68. The molecule has 1 heterocycles. The summed E-state index contributed by atoms with van der Waals surface area (Å²) in [4.78, 5) is 18.8. The molecule has 3 N–H and O–H groups in total. The Bertz CT molecular complexity index is 540. The van der Waals surface area contributed by atoms with Crippen LogP contribution in [0, 0.1) is 0 Å². The largest absolute Gasteiger partial charge is 0.507 e. The summed E-state index contributed by atoms with van der Waals surface area (Å²) < 4.78 is 0.564. The van der Waals surface area contributed by atoms with Gasteiger partial charge in [0.05, 0.1) is 4.47 Å². The average molecular weight is 310 g/mol. The maximum atomic E-state index is 11.8. The van der Waals surface area contributed by atoms with Crippen LogP contribution in [0.15, 0.2) is 35.1 Å². The summed E-state index contributed by atoms with van der Waals surface area (Å²) in [6.45, 7) is 0.489. The van der Waals surface area contributed by atoms with Gasteiger partial charge in [-0.05, 0) is 34.1 Å². The Labute approximate surface area is 112 Å². The van der Waals surface area contributed by atoms with Gasteiger partial charge in [0.2, 0.25) is 0 Å². The smallest absolute Gasteiger partial charge is 0.251 e. The molecule has 0 aliphatic carbocycles. The van der Waals surface area contributed by atoms with Gasteiger partial charge in [-0.15, -0.1) is 0 Å². The maximum Gasteiger partial charge on any atom is 0.251 e. The number of nitrogens with zero attached hydrogens (tertiary/aromatic N) is 1. The molecule has 0 saturated heterocycles. The van der Waals surface area contributed by atoms with Crippen LogP contribution in [0.4, 0.5) is 0 Å². The average Bonchev–Trinajstić information content (AvgIpc) is 2.85. The van der Waals surface area contributed by atoms with E-state index in [9.17, 15) is 9.90 Å². The van der Waals surface area contributed by atoms with Crippen molar-refractivity contribution in [1.29, 1.82) is 0 Å². The highest BCUT2D eigenvalue weighted by molar-refractivity contribution is 9.10. The van der Waals surface area contributed by atoms with Crippen molar-refractivity contribution in [1.82, 2.24) is 15.3 Å². The summed E-state index contributed by atoms with van der Waals surface area (Å²) in [6, 6.07) is 4.70. The van der Waals surface area contributed by atoms with Crippen LogP contribution in [0.1, 0.15) is 16.2 Å². The summed E-state index contributed by atoms with van der Waals surface area (Å²) in [7, 11) is 0. The molecular weight excluding hydrogens is 298 g/mol. The van der Waals surface area contributed by atoms with Gasteiger partial charge < -0.3 is 15.4 Å². The number of benzene rings is 1. The molecular formula is C12H12BrN3O2. The summed E-state index contributed by atoms with van der Waals surface area (Å²) in [6.07, 6.45) is 4.05. The van der Waals surface area contributed by atoms with Crippen molar-refractivity contribution in [3.63, 3.8) is 0 Å². The van der Waals surface area contributed by atoms with E-state index < -0.39 is 0 Å². The molecule has 0 radical (unpaired) electrons. The number of carbonyl (C=O) groups is 1. The SMILES string of the molecule is O=C(NCCc1ncc[nH]1)c1ccc(Br)c(O)c1. The minimum Gasteiger partial charge on any atom is -0.507 e. The molecule has 18 heavy (non-hydrogen) atoms. The van der Waals surface area contributed by atoms with E-state index in [1.165, 1.54) is 6.07 Å². The molecule has 6 heteroatoms. The molecule has 0 atom stereocenters. The van der Waals surface area contributed by atoms with Gasteiger partial charge in [-0.1, -0.05) is 0 Å². The normalized spacial score (nSPS) is 10.3. The fourth-order valence-electron chi connectivity index (χ4n) is 1.49. The Balaban J connectivity index is 1.89. The zero-order valence-corrected chi connectivity index (χ0v) is 11.1. The fraction of sp³-hybridized carbons (Fsp3) is 0.167. The van der Waals surface area contributed by atoms with Crippen LogP contribution in [-0.2, 0) is 6.42 Å². The van der Waals surface area contributed by atoms with Crippen LogP contribution in [0.3, 0.4) is 0 Å². The molecule has 0 unspecified atom stereocenters. The first-order chi connectivity index (χ1) is 8.66. The van der Waals surface area contributed by atoms with E-state index in [-0.39, 0.29) is 11.7 Å². The molecule has 94 valence electrons. The molecule has 0 bridgehead atoms. The van der Waals surface area contributed by atoms with Crippen molar-refractivity contribution in [3.8, 4) is 5.75 Å². The van der Waals surface area contributed by atoms with E-state index in [1.807, 2.05) is 0 Å². The number of aromatic amines is 1. The third kappa shape index (κ3) is 3.10. The minimum absolute atomic E-state index is 0.0497. The van der Waals surface area contributed by atoms with Crippen LogP contribution < -0.4 is 5.32 Å². The Kier molecular flexibility index (Phi) is 3.99. The second-order valence-electron chi connectivity index (χ2n) is 3.71. The number of halogens is 1. The number of carbonyl (C=O) groups excluding carboxylic acids is 1. The Hall–Kier alpha value is -1.82. The monoisotopic (exact) mass is 309 g/mol. The number of nitrogens with one attached hydrogen (secondary N) is 2. The number of rotatable bonds is 4. The van der Waals surface area contributed by atoms with Gasteiger partial charge in [0.1, 0.15) is 11.6 Å². The number of amides is 1. The number of H-pyrrole nitrogens is 1. The first-order valence-electron chi connectivity index (χ1n) is 5.42. The summed E-state index contributed by atoms with van der Waals surface area (Å²) in [5.74, 6) is 0.659. The molecule has 0 saturated carbocycles. The lowest BCUT2D eigenvalue weighted by Gasteiger charge is -2.05. The quantitative estimate of drug-likeness (QED) is 0.806. The molecule has 2 aromatic rings. The number of aromatic hydroxyl groups is 1. The Morgan fingerprint density at radius 2 is 2.33 bits per heavy atom. The predicted octanol–water partition coefficient (Wildman–Crippen LogP) is 1.85. The molecule has 0 spiro atoms. The number of aromatic nitrogens is 2. The highest BCUT2D eigenvalue weighted by Crippen LogP contribution is 2.24. The molecule has 1 aromatic heterocycles. The lowest BCUT2D eigenvalue weighted by molar-refractivity contribution is 0.0953. The van der Waals surface area contributed by atoms with E-state index >= 15 is 0 Å². The van der Waals surface area contributed by atoms with E-state index in [4.69, 9.17) is 0 Å². The standard InChI is InChI=1S/C12H12BrN3O2/c13-9-2-1-8(7-10(9)17)12(18)16-4-3-11-14-5-6-15-11/h1-2,5-7,17H,3-4H2,(H,14,15)(H,16,18). The van der Waals surface area contributed by atoms with Gasteiger partial charge in [0.15, 0.2) is 0 Å². The lowest BCUT2D eigenvalue weighted by atomic mass is 10.2. The van der Waals surface area contributed by atoms with Gasteiger partial charge in [-0.25, -0.2) is 4.98 Å². The third-order valence-electron chi connectivity index (χ3n) is 2.41. The van der Waals surface area contributed by atoms with Gasteiger partial charge in [0, 0.05) is 30.9 Å². The number of phenols is 1. The summed E-state index contributed by atoms with van der Waals surface area (Å²) in [5, 5.41) is 12.2. The van der Waals surface area contributed by atoms with E-state index in [1.54, 1.807) is 24.5 Å². The lowest BCUT2D eigenvalue weighted by Crippen LogP contribution is -2.25. The topological polar surface area (TPSA) is 78.0 Å². The number of hydrogen-bond acceptors (Lipinski definition) is 3. The van der Waals surface area contributed by atoms with Crippen LogP contribution in [-0.4, -0.2) is 27.5 Å². The Morgan fingerprint density at radius 3 is 3.00 bits per heavy atom. The fourth-order valence-corrected chi connectivity index (χ4v) is 1.73. The number of imidazole rings is 1.